The van der Waals surface area contributed by atoms with Crippen LogP contribution >= 0.6 is 0 Å². The van der Waals surface area contributed by atoms with Crippen molar-refractivity contribution in [2.75, 3.05) is 0 Å². The highest BCUT2D eigenvalue weighted by molar-refractivity contribution is 5.87. The van der Waals surface area contributed by atoms with Gasteiger partial charge in [0, 0.05) is 5.92 Å². The van der Waals surface area contributed by atoms with Gasteiger partial charge in [0.1, 0.15) is 0 Å². The summed E-state index contributed by atoms with van der Waals surface area (Å²) in [7, 11) is 0. The van der Waals surface area contributed by atoms with Crippen molar-refractivity contribution in [1.82, 2.24) is 0 Å². The molecule has 20 heavy (non-hydrogen) atoms. The highest BCUT2D eigenvalue weighted by Gasteiger charge is 2.13. The predicted octanol–water partition coefficient (Wildman–Crippen LogP) is 3.80. The molecular weight excluding hydrogens is 250 g/mol. The van der Waals surface area contributed by atoms with Gasteiger partial charge >= 0.3 is 5.97 Å². The zero-order valence-corrected chi connectivity index (χ0v) is 11.2. The Morgan fingerprint density at radius 1 is 1.10 bits per heavy atom. The number of rotatable bonds is 4. The van der Waals surface area contributed by atoms with Crippen LogP contribution in [-0.2, 0) is 0 Å². The number of hydrogen-bond donors (Lipinski definition) is 1. The molecule has 2 rings (SSSR count). The first kappa shape index (κ1) is 13.8. The third-order valence-corrected chi connectivity index (χ3v) is 3.41. The molecule has 0 aliphatic heterocycles. The molecule has 1 atom stereocenters. The average Bonchev–Trinajstić information content (AvgIpc) is 2.49. The SMILES string of the molecule is CCC(c1ccc(C#N)cc1)c1ccc(C(=O)O)cc1. The van der Waals surface area contributed by atoms with Crippen LogP contribution in [-0.4, -0.2) is 11.1 Å². The van der Waals surface area contributed by atoms with Crippen molar-refractivity contribution in [1.29, 1.82) is 5.26 Å². The number of carboxylic acid groups (broad SMARTS) is 1. The molecule has 0 aliphatic carbocycles. The molecule has 0 radical (unpaired) electrons. The maximum atomic E-state index is 10.9. The van der Waals surface area contributed by atoms with Gasteiger partial charge in [0.25, 0.3) is 0 Å². The first-order valence-corrected chi connectivity index (χ1v) is 6.49. The maximum absolute atomic E-state index is 10.9. The summed E-state index contributed by atoms with van der Waals surface area (Å²) < 4.78 is 0. The van der Waals surface area contributed by atoms with Gasteiger partial charge in [0.05, 0.1) is 17.2 Å². The Morgan fingerprint density at radius 2 is 1.60 bits per heavy atom. The number of benzene rings is 2. The molecule has 1 unspecified atom stereocenters. The van der Waals surface area contributed by atoms with E-state index in [1.165, 1.54) is 0 Å². The van der Waals surface area contributed by atoms with Crippen molar-refractivity contribution in [3.05, 3.63) is 70.8 Å². The molecule has 0 fully saturated rings. The smallest absolute Gasteiger partial charge is 0.335 e. The van der Waals surface area contributed by atoms with Crippen LogP contribution in [0.1, 0.15) is 46.3 Å². The highest BCUT2D eigenvalue weighted by atomic mass is 16.4. The summed E-state index contributed by atoms with van der Waals surface area (Å²) in [6.45, 7) is 2.09. The van der Waals surface area contributed by atoms with Gasteiger partial charge in [0.15, 0.2) is 0 Å². The van der Waals surface area contributed by atoms with E-state index in [0.717, 1.165) is 17.5 Å². The monoisotopic (exact) mass is 265 g/mol. The molecule has 0 saturated heterocycles. The van der Waals surface area contributed by atoms with E-state index in [1.54, 1.807) is 12.1 Å². The summed E-state index contributed by atoms with van der Waals surface area (Å²) in [5.74, 6) is -0.700. The van der Waals surface area contributed by atoms with Gasteiger partial charge in [-0.3, -0.25) is 0 Å². The Balaban J connectivity index is 2.31. The van der Waals surface area contributed by atoms with E-state index < -0.39 is 5.97 Å². The molecule has 3 heteroatoms. The highest BCUT2D eigenvalue weighted by Crippen LogP contribution is 2.28. The van der Waals surface area contributed by atoms with Crippen LogP contribution in [0.25, 0.3) is 0 Å². The molecule has 0 spiro atoms. The third kappa shape index (κ3) is 2.86. The van der Waals surface area contributed by atoms with E-state index >= 15 is 0 Å². The Hall–Kier alpha value is -2.60. The zero-order valence-electron chi connectivity index (χ0n) is 11.2. The van der Waals surface area contributed by atoms with E-state index in [1.807, 2.05) is 36.4 Å². The molecule has 100 valence electrons. The minimum absolute atomic E-state index is 0.214. The average molecular weight is 265 g/mol. The summed E-state index contributed by atoms with van der Waals surface area (Å²) in [4.78, 5) is 10.9. The van der Waals surface area contributed by atoms with E-state index in [4.69, 9.17) is 10.4 Å². The molecule has 0 amide bonds. The lowest BCUT2D eigenvalue weighted by molar-refractivity contribution is 0.0697. The van der Waals surface area contributed by atoms with Crippen LogP contribution in [0.3, 0.4) is 0 Å². The van der Waals surface area contributed by atoms with Crippen molar-refractivity contribution in [2.45, 2.75) is 19.3 Å². The quantitative estimate of drug-likeness (QED) is 0.914. The van der Waals surface area contributed by atoms with Crippen molar-refractivity contribution in [3.8, 4) is 6.07 Å². The van der Waals surface area contributed by atoms with E-state index in [9.17, 15) is 4.79 Å². The molecule has 3 nitrogen and oxygen atoms in total. The van der Waals surface area contributed by atoms with Crippen LogP contribution < -0.4 is 0 Å². The second kappa shape index (κ2) is 6.03. The minimum atomic E-state index is -0.914. The fraction of sp³-hybridized carbons (Fsp3) is 0.176. The number of carboxylic acids is 1. The topological polar surface area (TPSA) is 61.1 Å². The molecule has 0 bridgehead atoms. The number of hydrogen-bond acceptors (Lipinski definition) is 2. The summed E-state index contributed by atoms with van der Waals surface area (Å²) >= 11 is 0. The van der Waals surface area contributed by atoms with Crippen LogP contribution in [0.2, 0.25) is 0 Å². The van der Waals surface area contributed by atoms with E-state index in [0.29, 0.717) is 11.1 Å². The molecule has 0 aromatic heterocycles. The zero-order chi connectivity index (χ0) is 14.5. The second-order valence-corrected chi connectivity index (χ2v) is 4.62. The second-order valence-electron chi connectivity index (χ2n) is 4.62. The van der Waals surface area contributed by atoms with Crippen LogP contribution in [0.5, 0.6) is 0 Å². The van der Waals surface area contributed by atoms with E-state index in [2.05, 4.69) is 13.0 Å². The van der Waals surface area contributed by atoms with Crippen molar-refractivity contribution >= 4 is 5.97 Å². The molecule has 2 aromatic carbocycles. The maximum Gasteiger partial charge on any atom is 0.335 e. The fourth-order valence-corrected chi connectivity index (χ4v) is 2.31. The molecule has 1 N–H and O–H groups in total. The molecule has 0 heterocycles. The lowest BCUT2D eigenvalue weighted by atomic mass is 9.88. The number of aromatic carboxylic acids is 1. The predicted molar refractivity (Wildman–Crippen MR) is 76.7 cm³/mol. The Morgan fingerprint density at radius 3 is 2.00 bits per heavy atom. The molecular formula is C17H15NO2. The van der Waals surface area contributed by atoms with Gasteiger partial charge in [-0.2, -0.15) is 5.26 Å². The van der Waals surface area contributed by atoms with Gasteiger partial charge in [-0.15, -0.1) is 0 Å². The first-order valence-electron chi connectivity index (χ1n) is 6.49. The third-order valence-electron chi connectivity index (χ3n) is 3.41. The number of nitrogens with zero attached hydrogens (tertiary/aromatic N) is 1. The van der Waals surface area contributed by atoms with Crippen LogP contribution in [0, 0.1) is 11.3 Å². The first-order chi connectivity index (χ1) is 9.65. The standard InChI is InChI=1S/C17H15NO2/c1-2-16(13-5-3-12(11-18)4-6-13)14-7-9-15(10-8-14)17(19)20/h3-10,16H,2H2,1H3,(H,19,20). The summed E-state index contributed by atoms with van der Waals surface area (Å²) in [6.07, 6.45) is 0.915. The molecule has 2 aromatic rings. The van der Waals surface area contributed by atoms with Crippen molar-refractivity contribution < 1.29 is 9.90 Å². The van der Waals surface area contributed by atoms with Gasteiger partial charge in [-0.25, -0.2) is 4.79 Å². The normalized spacial score (nSPS) is 11.6. The van der Waals surface area contributed by atoms with Crippen molar-refractivity contribution in [2.24, 2.45) is 0 Å². The molecule has 0 aliphatic rings. The Kier molecular flexibility index (Phi) is 4.17. The Labute approximate surface area is 118 Å². The summed E-state index contributed by atoms with van der Waals surface area (Å²) in [5.41, 5.74) is 3.16. The van der Waals surface area contributed by atoms with Gasteiger partial charge < -0.3 is 5.11 Å². The minimum Gasteiger partial charge on any atom is -0.478 e. The van der Waals surface area contributed by atoms with Crippen molar-refractivity contribution in [3.63, 3.8) is 0 Å². The molecule has 0 saturated carbocycles. The van der Waals surface area contributed by atoms with Gasteiger partial charge in [0.2, 0.25) is 0 Å². The number of nitriles is 1. The number of carbonyl (C=O) groups is 1. The summed E-state index contributed by atoms with van der Waals surface area (Å²) in [6, 6.07) is 16.6. The summed E-state index contributed by atoms with van der Waals surface area (Å²) in [5, 5.41) is 17.7. The largest absolute Gasteiger partial charge is 0.478 e. The van der Waals surface area contributed by atoms with Gasteiger partial charge in [-0.05, 0) is 41.8 Å². The Bertz CT molecular complexity index is 636. The van der Waals surface area contributed by atoms with Gasteiger partial charge in [-0.1, -0.05) is 31.2 Å². The fourth-order valence-electron chi connectivity index (χ4n) is 2.31. The van der Waals surface area contributed by atoms with Crippen LogP contribution in [0.4, 0.5) is 0 Å². The lowest BCUT2D eigenvalue weighted by Gasteiger charge is -2.16. The lowest BCUT2D eigenvalue weighted by Crippen LogP contribution is -2.01. The van der Waals surface area contributed by atoms with Crippen LogP contribution in [0.15, 0.2) is 48.5 Å². The van der Waals surface area contributed by atoms with E-state index in [-0.39, 0.29) is 5.92 Å².